The first-order valence-electron chi connectivity index (χ1n) is 6.06. The molecule has 0 amide bonds. The summed E-state index contributed by atoms with van der Waals surface area (Å²) in [5.41, 5.74) is 10.5. The third-order valence-corrected chi connectivity index (χ3v) is 3.29. The van der Waals surface area contributed by atoms with Crippen LogP contribution in [-0.4, -0.2) is 59.2 Å². The van der Waals surface area contributed by atoms with Crippen LogP contribution in [0.4, 0.5) is 0 Å². The lowest BCUT2D eigenvalue weighted by atomic mass is 10.2. The number of likely N-dealkylation sites (N-methyl/N-ethyl adjacent to an activating group) is 1. The van der Waals surface area contributed by atoms with Gasteiger partial charge in [0.25, 0.3) is 0 Å². The first-order valence-corrected chi connectivity index (χ1v) is 6.06. The Morgan fingerprint density at radius 2 is 2.06 bits per heavy atom. The van der Waals surface area contributed by atoms with Crippen molar-refractivity contribution in [3.8, 4) is 0 Å². The molecule has 96 valence electrons. The van der Waals surface area contributed by atoms with E-state index in [1.165, 1.54) is 0 Å². The summed E-state index contributed by atoms with van der Waals surface area (Å²) in [6, 6.07) is 0.144. The van der Waals surface area contributed by atoms with Gasteiger partial charge < -0.3 is 15.2 Å². The molecule has 0 saturated carbocycles. The van der Waals surface area contributed by atoms with E-state index in [1.54, 1.807) is 0 Å². The third-order valence-electron chi connectivity index (χ3n) is 3.29. The van der Waals surface area contributed by atoms with Crippen LogP contribution in [0.5, 0.6) is 0 Å². The van der Waals surface area contributed by atoms with Crippen molar-refractivity contribution in [1.29, 1.82) is 0 Å². The Bertz CT molecular complexity index is 341. The zero-order chi connectivity index (χ0) is 12.3. The van der Waals surface area contributed by atoms with Gasteiger partial charge in [0.1, 0.15) is 0 Å². The number of aryl methyl sites for hydroxylation is 1. The maximum atomic E-state index is 5.84. The summed E-state index contributed by atoms with van der Waals surface area (Å²) in [7, 11) is 4.15. The van der Waals surface area contributed by atoms with Crippen LogP contribution in [0.15, 0.2) is 12.5 Å². The van der Waals surface area contributed by atoms with Crippen molar-refractivity contribution in [3.05, 3.63) is 18.2 Å². The molecule has 1 unspecified atom stereocenters. The fourth-order valence-corrected chi connectivity index (χ4v) is 2.10. The van der Waals surface area contributed by atoms with E-state index >= 15 is 0 Å². The van der Waals surface area contributed by atoms with Gasteiger partial charge in [0.15, 0.2) is 0 Å². The Morgan fingerprint density at radius 1 is 1.35 bits per heavy atom. The molecule has 1 aliphatic heterocycles. The Labute approximate surface area is 102 Å². The number of nitrogens with two attached hydrogens (primary N) is 1. The Morgan fingerprint density at radius 3 is 2.59 bits per heavy atom. The minimum absolute atomic E-state index is 0.144. The second-order valence-electron chi connectivity index (χ2n) is 4.64. The minimum Gasteiger partial charge on any atom is -0.336 e. The smallest absolute Gasteiger partial charge is 0.0946 e. The van der Waals surface area contributed by atoms with E-state index < -0.39 is 0 Å². The summed E-state index contributed by atoms with van der Waals surface area (Å²) in [5, 5.41) is 2.25. The fraction of sp³-hybridized carbons (Fsp3) is 0.727. The van der Waals surface area contributed by atoms with Crippen LogP contribution in [0.3, 0.4) is 0 Å². The van der Waals surface area contributed by atoms with Crippen molar-refractivity contribution in [2.45, 2.75) is 6.04 Å². The molecule has 2 rings (SSSR count). The summed E-state index contributed by atoms with van der Waals surface area (Å²) in [4.78, 5) is 6.47. The van der Waals surface area contributed by atoms with Gasteiger partial charge in [-0.05, 0) is 7.05 Å². The molecule has 2 heterocycles. The number of imidazole rings is 1. The zero-order valence-corrected chi connectivity index (χ0v) is 10.6. The molecule has 17 heavy (non-hydrogen) atoms. The van der Waals surface area contributed by atoms with Crippen molar-refractivity contribution in [2.75, 3.05) is 39.8 Å². The number of nitrogens with zero attached hydrogens (tertiary/aromatic N) is 4. The van der Waals surface area contributed by atoms with Crippen LogP contribution < -0.4 is 11.2 Å². The van der Waals surface area contributed by atoms with E-state index in [-0.39, 0.29) is 6.04 Å². The van der Waals surface area contributed by atoms with Crippen LogP contribution in [0.2, 0.25) is 0 Å². The van der Waals surface area contributed by atoms with Crippen LogP contribution in [-0.2, 0) is 7.05 Å². The third kappa shape index (κ3) is 3.04. The number of piperazine rings is 1. The Hall–Kier alpha value is -0.950. The van der Waals surface area contributed by atoms with Crippen molar-refractivity contribution < 1.29 is 0 Å². The highest BCUT2D eigenvalue weighted by Crippen LogP contribution is 2.11. The molecule has 1 fully saturated rings. The Balaban J connectivity index is 1.94. The SMILES string of the molecule is CN1CCN(NC(CN)c2cncn2C)CC1. The van der Waals surface area contributed by atoms with Crippen molar-refractivity contribution in [1.82, 2.24) is 24.9 Å². The van der Waals surface area contributed by atoms with Crippen LogP contribution in [0, 0.1) is 0 Å². The monoisotopic (exact) mass is 238 g/mol. The predicted octanol–water partition coefficient (Wildman–Crippen LogP) is -0.828. The molecule has 1 aliphatic rings. The maximum Gasteiger partial charge on any atom is 0.0946 e. The standard InChI is InChI=1S/C11H22N6/c1-15-3-5-17(6-4-15)14-10(7-12)11-8-13-9-16(11)2/h8-10,14H,3-7,12H2,1-2H3. The zero-order valence-electron chi connectivity index (χ0n) is 10.6. The molecule has 1 aromatic heterocycles. The molecule has 0 spiro atoms. The quantitative estimate of drug-likeness (QED) is 0.717. The number of rotatable bonds is 4. The van der Waals surface area contributed by atoms with Crippen LogP contribution >= 0.6 is 0 Å². The number of hydrogen-bond donors (Lipinski definition) is 2. The van der Waals surface area contributed by atoms with E-state index in [0.29, 0.717) is 6.54 Å². The van der Waals surface area contributed by atoms with Gasteiger partial charge in [-0.3, -0.25) is 0 Å². The second-order valence-corrected chi connectivity index (χ2v) is 4.64. The molecule has 0 radical (unpaired) electrons. The largest absolute Gasteiger partial charge is 0.336 e. The second kappa shape index (κ2) is 5.59. The van der Waals surface area contributed by atoms with Gasteiger partial charge in [-0.25, -0.2) is 15.4 Å². The van der Waals surface area contributed by atoms with Crippen LogP contribution in [0.1, 0.15) is 11.7 Å². The van der Waals surface area contributed by atoms with Gasteiger partial charge in [-0.1, -0.05) is 0 Å². The lowest BCUT2D eigenvalue weighted by Gasteiger charge is -2.35. The van der Waals surface area contributed by atoms with Crippen molar-refractivity contribution in [3.63, 3.8) is 0 Å². The lowest BCUT2D eigenvalue weighted by molar-refractivity contribution is 0.0867. The van der Waals surface area contributed by atoms with Gasteiger partial charge >= 0.3 is 0 Å². The first kappa shape index (κ1) is 12.5. The molecule has 1 saturated heterocycles. The molecule has 0 aliphatic carbocycles. The molecular weight excluding hydrogens is 216 g/mol. The summed E-state index contributed by atoms with van der Waals surface area (Å²) in [6.45, 7) is 4.83. The van der Waals surface area contributed by atoms with Gasteiger partial charge in [-0.15, -0.1) is 0 Å². The fourth-order valence-electron chi connectivity index (χ4n) is 2.10. The normalized spacial score (nSPS) is 20.6. The molecule has 6 nitrogen and oxygen atoms in total. The van der Waals surface area contributed by atoms with E-state index in [4.69, 9.17) is 5.73 Å². The molecule has 3 N–H and O–H groups in total. The molecule has 0 bridgehead atoms. The van der Waals surface area contributed by atoms with Crippen molar-refractivity contribution >= 4 is 0 Å². The van der Waals surface area contributed by atoms with Gasteiger partial charge in [0, 0.05) is 46.0 Å². The highest BCUT2D eigenvalue weighted by Gasteiger charge is 2.19. The van der Waals surface area contributed by atoms with Gasteiger partial charge in [0.2, 0.25) is 0 Å². The minimum atomic E-state index is 0.144. The maximum absolute atomic E-state index is 5.84. The lowest BCUT2D eigenvalue weighted by Crippen LogP contribution is -2.52. The van der Waals surface area contributed by atoms with Crippen molar-refractivity contribution in [2.24, 2.45) is 12.8 Å². The first-order chi connectivity index (χ1) is 8.20. The summed E-state index contributed by atoms with van der Waals surface area (Å²) < 4.78 is 2.01. The van der Waals surface area contributed by atoms with Gasteiger partial charge in [0.05, 0.1) is 18.1 Å². The molecule has 0 aromatic carbocycles. The van der Waals surface area contributed by atoms with E-state index in [1.807, 2.05) is 24.1 Å². The van der Waals surface area contributed by atoms with Gasteiger partial charge in [-0.2, -0.15) is 0 Å². The van der Waals surface area contributed by atoms with E-state index in [9.17, 15) is 0 Å². The van der Waals surface area contributed by atoms with Crippen LogP contribution in [0.25, 0.3) is 0 Å². The highest BCUT2D eigenvalue weighted by atomic mass is 15.5. The number of hydrazine groups is 1. The highest BCUT2D eigenvalue weighted by molar-refractivity contribution is 5.05. The predicted molar refractivity (Wildman–Crippen MR) is 67.2 cm³/mol. The average molecular weight is 238 g/mol. The average Bonchev–Trinajstić information content (AvgIpc) is 2.75. The Kier molecular flexibility index (Phi) is 4.11. The summed E-state index contributed by atoms with van der Waals surface area (Å²) in [6.07, 6.45) is 3.68. The number of aromatic nitrogens is 2. The number of hydrogen-bond acceptors (Lipinski definition) is 5. The summed E-state index contributed by atoms with van der Waals surface area (Å²) >= 11 is 0. The molecule has 1 atom stereocenters. The molecular formula is C11H22N6. The molecule has 6 heteroatoms. The molecule has 1 aromatic rings. The van der Waals surface area contributed by atoms with E-state index in [2.05, 4.69) is 27.4 Å². The summed E-state index contributed by atoms with van der Waals surface area (Å²) in [5.74, 6) is 0. The van der Waals surface area contributed by atoms with E-state index in [0.717, 1.165) is 31.9 Å². The number of nitrogens with one attached hydrogen (secondary N) is 1. The topological polar surface area (TPSA) is 62.4 Å².